The van der Waals surface area contributed by atoms with Crippen molar-refractivity contribution in [2.75, 3.05) is 19.4 Å². The normalized spacial score (nSPS) is 10.4. The number of anilines is 1. The van der Waals surface area contributed by atoms with E-state index in [0.717, 1.165) is 22.1 Å². The van der Waals surface area contributed by atoms with Gasteiger partial charge >= 0.3 is 0 Å². The van der Waals surface area contributed by atoms with E-state index < -0.39 is 0 Å². The highest BCUT2D eigenvalue weighted by Gasteiger charge is 2.08. The van der Waals surface area contributed by atoms with Gasteiger partial charge in [0.05, 0.1) is 17.8 Å². The van der Waals surface area contributed by atoms with Gasteiger partial charge in [-0.25, -0.2) is 9.97 Å². The van der Waals surface area contributed by atoms with Crippen molar-refractivity contribution in [1.29, 1.82) is 0 Å². The molecule has 122 valence electrons. The number of rotatable bonds is 5. The summed E-state index contributed by atoms with van der Waals surface area (Å²) in [6.45, 7) is 0.603. The summed E-state index contributed by atoms with van der Waals surface area (Å²) in [4.78, 5) is 22.3. The molecule has 5 nitrogen and oxygen atoms in total. The standard InChI is InChI=1S/C18H18N4OS/c1-22(2)18(23)14-8-9-16(19-10-14)20-11-17-21-15(12-24-17)13-6-4-3-5-7-13/h3-10,12H,11H2,1-2H3,(H,19,20). The summed E-state index contributed by atoms with van der Waals surface area (Å²) < 4.78 is 0. The van der Waals surface area contributed by atoms with Crippen molar-refractivity contribution in [3.05, 3.63) is 64.6 Å². The van der Waals surface area contributed by atoms with E-state index in [1.165, 1.54) is 4.90 Å². The molecule has 0 aliphatic rings. The fraction of sp³-hybridized carbons (Fsp3) is 0.167. The lowest BCUT2D eigenvalue weighted by molar-refractivity contribution is 0.0827. The lowest BCUT2D eigenvalue weighted by atomic mass is 10.2. The summed E-state index contributed by atoms with van der Waals surface area (Å²) in [7, 11) is 3.45. The Morgan fingerprint density at radius 2 is 1.96 bits per heavy atom. The van der Waals surface area contributed by atoms with Gasteiger partial charge in [-0.3, -0.25) is 4.79 Å². The first-order valence-electron chi connectivity index (χ1n) is 7.55. The number of hydrogen-bond donors (Lipinski definition) is 1. The summed E-state index contributed by atoms with van der Waals surface area (Å²) in [6.07, 6.45) is 1.59. The van der Waals surface area contributed by atoms with E-state index in [-0.39, 0.29) is 5.91 Å². The van der Waals surface area contributed by atoms with Gasteiger partial charge in [0.1, 0.15) is 10.8 Å². The van der Waals surface area contributed by atoms with Gasteiger partial charge in [0.2, 0.25) is 0 Å². The van der Waals surface area contributed by atoms with Crippen LogP contribution in [0.1, 0.15) is 15.4 Å². The van der Waals surface area contributed by atoms with Crippen LogP contribution in [0.4, 0.5) is 5.82 Å². The predicted octanol–water partition coefficient (Wildman–Crippen LogP) is 3.52. The number of pyridine rings is 1. The quantitative estimate of drug-likeness (QED) is 0.773. The van der Waals surface area contributed by atoms with Gasteiger partial charge in [-0.15, -0.1) is 11.3 Å². The first kappa shape index (κ1) is 16.1. The Morgan fingerprint density at radius 1 is 1.17 bits per heavy atom. The molecule has 0 unspecified atom stereocenters. The van der Waals surface area contributed by atoms with Crippen LogP contribution >= 0.6 is 11.3 Å². The fourth-order valence-electron chi connectivity index (χ4n) is 2.18. The molecular formula is C18H18N4OS. The zero-order valence-corrected chi connectivity index (χ0v) is 14.4. The molecule has 3 rings (SSSR count). The van der Waals surface area contributed by atoms with Crippen LogP contribution in [0.15, 0.2) is 54.0 Å². The predicted molar refractivity (Wildman–Crippen MR) is 97.1 cm³/mol. The number of carbonyl (C=O) groups is 1. The van der Waals surface area contributed by atoms with Crippen LogP contribution in [0.3, 0.4) is 0 Å². The summed E-state index contributed by atoms with van der Waals surface area (Å²) in [5, 5.41) is 6.28. The summed E-state index contributed by atoms with van der Waals surface area (Å²) in [5.74, 6) is 0.670. The van der Waals surface area contributed by atoms with Gasteiger partial charge in [0.25, 0.3) is 5.91 Å². The number of aromatic nitrogens is 2. The van der Waals surface area contributed by atoms with Gasteiger partial charge in [0.15, 0.2) is 0 Å². The largest absolute Gasteiger partial charge is 0.364 e. The molecule has 0 saturated heterocycles. The number of thiazole rings is 1. The third-order valence-electron chi connectivity index (χ3n) is 3.46. The van der Waals surface area contributed by atoms with Crippen molar-refractivity contribution in [3.8, 4) is 11.3 Å². The van der Waals surface area contributed by atoms with Gasteiger partial charge in [-0.1, -0.05) is 30.3 Å². The smallest absolute Gasteiger partial charge is 0.254 e. The Morgan fingerprint density at radius 3 is 2.62 bits per heavy atom. The lowest BCUT2D eigenvalue weighted by Gasteiger charge is -2.10. The maximum absolute atomic E-state index is 11.8. The van der Waals surface area contributed by atoms with Crippen LogP contribution in [0.25, 0.3) is 11.3 Å². The minimum absolute atomic E-state index is 0.0542. The van der Waals surface area contributed by atoms with Crippen LogP contribution in [-0.4, -0.2) is 34.9 Å². The second-order valence-corrected chi connectivity index (χ2v) is 6.42. The van der Waals surface area contributed by atoms with E-state index in [0.29, 0.717) is 12.1 Å². The second-order valence-electron chi connectivity index (χ2n) is 5.48. The molecule has 0 atom stereocenters. The summed E-state index contributed by atoms with van der Waals surface area (Å²) in [6, 6.07) is 13.7. The number of nitrogens with zero attached hydrogens (tertiary/aromatic N) is 3. The molecule has 0 aliphatic carbocycles. The summed E-state index contributed by atoms with van der Waals surface area (Å²) in [5.41, 5.74) is 2.67. The number of hydrogen-bond acceptors (Lipinski definition) is 5. The fourth-order valence-corrected chi connectivity index (χ4v) is 2.93. The van der Waals surface area contributed by atoms with Gasteiger partial charge in [-0.05, 0) is 12.1 Å². The Labute approximate surface area is 145 Å². The zero-order chi connectivity index (χ0) is 16.9. The SMILES string of the molecule is CN(C)C(=O)c1ccc(NCc2nc(-c3ccccc3)cs2)nc1. The monoisotopic (exact) mass is 338 g/mol. The van der Waals surface area contributed by atoms with Crippen molar-refractivity contribution in [3.63, 3.8) is 0 Å². The van der Waals surface area contributed by atoms with Crippen LogP contribution in [0, 0.1) is 0 Å². The van der Waals surface area contributed by atoms with E-state index in [4.69, 9.17) is 0 Å². The van der Waals surface area contributed by atoms with Crippen LogP contribution < -0.4 is 5.32 Å². The van der Waals surface area contributed by atoms with Crippen LogP contribution in [0.2, 0.25) is 0 Å². The van der Waals surface area contributed by atoms with Crippen molar-refractivity contribution >= 4 is 23.1 Å². The molecule has 0 radical (unpaired) electrons. The average molecular weight is 338 g/mol. The third kappa shape index (κ3) is 3.78. The van der Waals surface area contributed by atoms with E-state index >= 15 is 0 Å². The molecule has 2 heterocycles. The van der Waals surface area contributed by atoms with Gasteiger partial charge < -0.3 is 10.2 Å². The van der Waals surface area contributed by atoms with Crippen molar-refractivity contribution in [1.82, 2.24) is 14.9 Å². The first-order chi connectivity index (χ1) is 11.6. The molecule has 1 N–H and O–H groups in total. The highest BCUT2D eigenvalue weighted by atomic mass is 32.1. The Balaban J connectivity index is 1.62. The molecule has 0 aliphatic heterocycles. The maximum Gasteiger partial charge on any atom is 0.254 e. The highest BCUT2D eigenvalue weighted by Crippen LogP contribution is 2.22. The number of nitrogens with one attached hydrogen (secondary N) is 1. The molecular weight excluding hydrogens is 320 g/mol. The Kier molecular flexibility index (Phi) is 4.86. The molecule has 3 aromatic rings. The van der Waals surface area contributed by atoms with Crippen molar-refractivity contribution in [2.45, 2.75) is 6.54 Å². The second kappa shape index (κ2) is 7.23. The first-order valence-corrected chi connectivity index (χ1v) is 8.43. The van der Waals surface area contributed by atoms with E-state index in [9.17, 15) is 4.79 Å². The molecule has 0 fully saturated rings. The van der Waals surface area contributed by atoms with E-state index in [2.05, 4.69) is 20.7 Å². The molecule has 0 spiro atoms. The number of amides is 1. The maximum atomic E-state index is 11.8. The molecule has 1 aromatic carbocycles. The van der Waals surface area contributed by atoms with Crippen molar-refractivity contribution in [2.24, 2.45) is 0 Å². The van der Waals surface area contributed by atoms with Crippen LogP contribution in [0.5, 0.6) is 0 Å². The lowest BCUT2D eigenvalue weighted by Crippen LogP contribution is -2.21. The van der Waals surface area contributed by atoms with Gasteiger partial charge in [0, 0.05) is 31.2 Å². The van der Waals surface area contributed by atoms with E-state index in [1.54, 1.807) is 37.7 Å². The topological polar surface area (TPSA) is 58.1 Å². The minimum Gasteiger partial charge on any atom is -0.364 e. The molecule has 1 amide bonds. The Bertz CT molecular complexity index is 813. The van der Waals surface area contributed by atoms with Crippen molar-refractivity contribution < 1.29 is 4.79 Å². The minimum atomic E-state index is -0.0542. The Hall–Kier alpha value is -2.73. The average Bonchev–Trinajstić information content (AvgIpc) is 3.09. The summed E-state index contributed by atoms with van der Waals surface area (Å²) >= 11 is 1.61. The van der Waals surface area contributed by atoms with Gasteiger partial charge in [-0.2, -0.15) is 0 Å². The molecule has 0 bridgehead atoms. The number of carbonyl (C=O) groups excluding carboxylic acids is 1. The molecule has 6 heteroatoms. The van der Waals surface area contributed by atoms with Crippen LogP contribution in [-0.2, 0) is 6.54 Å². The third-order valence-corrected chi connectivity index (χ3v) is 4.31. The molecule has 0 saturated carbocycles. The molecule has 24 heavy (non-hydrogen) atoms. The highest BCUT2D eigenvalue weighted by molar-refractivity contribution is 7.09. The zero-order valence-electron chi connectivity index (χ0n) is 13.6. The number of benzene rings is 1. The molecule has 2 aromatic heterocycles. The van der Waals surface area contributed by atoms with E-state index in [1.807, 2.05) is 36.4 Å².